The van der Waals surface area contributed by atoms with Crippen LogP contribution < -0.4 is 0 Å². The van der Waals surface area contributed by atoms with Crippen molar-refractivity contribution in [3.05, 3.63) is 194 Å². The molecule has 260 valence electrons. The fourth-order valence-corrected chi connectivity index (χ4v) is 8.98. The molecule has 0 saturated heterocycles. The summed E-state index contributed by atoms with van der Waals surface area (Å²) in [6, 6.07) is 69.7. The summed E-state index contributed by atoms with van der Waals surface area (Å²) < 4.78 is 4.67. The second-order valence-electron chi connectivity index (χ2n) is 14.6. The first-order chi connectivity index (χ1) is 27.8. The van der Waals surface area contributed by atoms with Crippen molar-refractivity contribution in [1.29, 1.82) is 0 Å². The van der Waals surface area contributed by atoms with E-state index in [-0.39, 0.29) is 0 Å². The van der Waals surface area contributed by atoms with E-state index < -0.39 is 0 Å². The van der Waals surface area contributed by atoms with Crippen molar-refractivity contribution in [3.8, 4) is 34.0 Å². The van der Waals surface area contributed by atoms with E-state index in [1.165, 1.54) is 59.8 Å². The van der Waals surface area contributed by atoms with Gasteiger partial charge in [-0.25, -0.2) is 9.97 Å². The summed E-state index contributed by atoms with van der Waals surface area (Å²) in [6.07, 6.45) is 0. The van der Waals surface area contributed by atoms with Gasteiger partial charge in [0.05, 0.1) is 39.0 Å². The first-order valence-electron chi connectivity index (χ1n) is 19.1. The maximum atomic E-state index is 5.44. The molecule has 0 saturated carbocycles. The molecule has 0 radical (unpaired) electrons. The predicted molar refractivity (Wildman–Crippen MR) is 234 cm³/mol. The van der Waals surface area contributed by atoms with Crippen LogP contribution in [0.1, 0.15) is 0 Å². The summed E-state index contributed by atoms with van der Waals surface area (Å²) >= 11 is 0. The second-order valence-corrected chi connectivity index (χ2v) is 14.6. The van der Waals surface area contributed by atoms with E-state index in [2.05, 4.69) is 203 Å². The number of hydrogen-bond donors (Lipinski definition) is 0. The van der Waals surface area contributed by atoms with Gasteiger partial charge in [-0.15, -0.1) is 0 Å². The largest absolute Gasteiger partial charge is 0.309 e. The van der Waals surface area contributed by atoms with Gasteiger partial charge in [-0.1, -0.05) is 152 Å². The summed E-state index contributed by atoms with van der Waals surface area (Å²) in [6.45, 7) is 0. The van der Waals surface area contributed by atoms with Crippen LogP contribution in [0.15, 0.2) is 194 Å². The smallest absolute Gasteiger partial charge is 0.235 e. The second kappa shape index (κ2) is 12.0. The van der Waals surface area contributed by atoms with E-state index in [1.807, 2.05) is 0 Å². The summed E-state index contributed by atoms with van der Waals surface area (Å²) in [7, 11) is 0. The lowest BCUT2D eigenvalue weighted by molar-refractivity contribution is 1.01. The van der Waals surface area contributed by atoms with E-state index in [0.717, 1.165) is 44.3 Å². The molecule has 0 aliphatic carbocycles. The highest BCUT2D eigenvalue weighted by molar-refractivity contribution is 6.13. The Morgan fingerprint density at radius 1 is 0.321 bits per heavy atom. The average molecular weight is 713 g/mol. The minimum atomic E-state index is 0.656. The Morgan fingerprint density at radius 3 is 1.70 bits per heavy atom. The van der Waals surface area contributed by atoms with Gasteiger partial charge in [-0.3, -0.25) is 4.57 Å². The quantitative estimate of drug-likeness (QED) is 0.182. The molecular weight excluding hydrogens is 681 g/mol. The molecule has 12 rings (SSSR count). The minimum absolute atomic E-state index is 0.656. The number of aromatic nitrogens is 4. The molecule has 3 heterocycles. The molecule has 0 unspecified atom stereocenters. The molecule has 4 nitrogen and oxygen atoms in total. The van der Waals surface area contributed by atoms with Crippen LogP contribution in [0.25, 0.3) is 110 Å². The van der Waals surface area contributed by atoms with Crippen LogP contribution >= 0.6 is 0 Å². The molecule has 9 aromatic carbocycles. The van der Waals surface area contributed by atoms with Crippen LogP contribution in [0.5, 0.6) is 0 Å². The lowest BCUT2D eigenvalue weighted by atomic mass is 9.99. The van der Waals surface area contributed by atoms with Gasteiger partial charge in [0.2, 0.25) is 5.95 Å². The van der Waals surface area contributed by atoms with Crippen LogP contribution in [-0.4, -0.2) is 19.1 Å². The fourth-order valence-electron chi connectivity index (χ4n) is 8.98. The molecule has 0 amide bonds. The predicted octanol–water partition coefficient (Wildman–Crippen LogP) is 13.5. The van der Waals surface area contributed by atoms with Crippen LogP contribution in [0.2, 0.25) is 0 Å². The van der Waals surface area contributed by atoms with Gasteiger partial charge < -0.3 is 4.57 Å². The number of fused-ring (bicyclic) bond motifs is 9. The summed E-state index contributed by atoms with van der Waals surface area (Å²) in [5.74, 6) is 0.656. The Kier molecular flexibility index (Phi) is 6.60. The van der Waals surface area contributed by atoms with Crippen LogP contribution in [0.4, 0.5) is 0 Å². The topological polar surface area (TPSA) is 35.6 Å². The Hall–Kier alpha value is -7.56. The van der Waals surface area contributed by atoms with Crippen LogP contribution in [0.3, 0.4) is 0 Å². The molecule has 0 spiro atoms. The summed E-state index contributed by atoms with van der Waals surface area (Å²) in [4.78, 5) is 10.7. The fraction of sp³-hybridized carbons (Fsp3) is 0. The van der Waals surface area contributed by atoms with Crippen molar-refractivity contribution in [2.24, 2.45) is 0 Å². The highest BCUT2D eigenvalue weighted by atomic mass is 15.2. The number of benzene rings is 9. The van der Waals surface area contributed by atoms with Gasteiger partial charge in [0.25, 0.3) is 0 Å². The lowest BCUT2D eigenvalue weighted by Gasteiger charge is -2.13. The first-order valence-corrected chi connectivity index (χ1v) is 19.1. The number of para-hydroxylation sites is 3. The number of hydrogen-bond acceptors (Lipinski definition) is 2. The molecule has 0 bridgehead atoms. The minimum Gasteiger partial charge on any atom is -0.309 e. The van der Waals surface area contributed by atoms with Gasteiger partial charge in [0.1, 0.15) is 0 Å². The zero-order valence-electron chi connectivity index (χ0n) is 30.3. The molecular formula is C52H32N4. The van der Waals surface area contributed by atoms with Gasteiger partial charge in [-0.05, 0) is 69.8 Å². The SMILES string of the molecule is c1ccc2c(-c3nc(-n4c5ccccc5c5ccc(-c6ccc7c(c6)c6ccccc6n7-c6cccc7ccccc67)cc54)nc4ccccc34)cccc2c1. The van der Waals surface area contributed by atoms with Crippen molar-refractivity contribution < 1.29 is 0 Å². The normalized spacial score (nSPS) is 11.9. The zero-order valence-corrected chi connectivity index (χ0v) is 30.3. The first kappa shape index (κ1) is 30.9. The van der Waals surface area contributed by atoms with Gasteiger partial charge >= 0.3 is 0 Å². The molecule has 3 aromatic heterocycles. The highest BCUT2D eigenvalue weighted by Crippen LogP contribution is 2.40. The maximum Gasteiger partial charge on any atom is 0.235 e. The summed E-state index contributed by atoms with van der Waals surface area (Å²) in [5.41, 5.74) is 11.0. The van der Waals surface area contributed by atoms with Crippen molar-refractivity contribution in [1.82, 2.24) is 19.1 Å². The van der Waals surface area contributed by atoms with E-state index in [9.17, 15) is 0 Å². The third-order valence-corrected chi connectivity index (χ3v) is 11.5. The van der Waals surface area contributed by atoms with E-state index in [1.54, 1.807) is 0 Å². The molecule has 0 aliphatic rings. The van der Waals surface area contributed by atoms with Crippen molar-refractivity contribution >= 4 is 76.1 Å². The molecule has 0 atom stereocenters. The van der Waals surface area contributed by atoms with Gasteiger partial charge in [0, 0.05) is 37.9 Å². The van der Waals surface area contributed by atoms with E-state index in [4.69, 9.17) is 9.97 Å². The Morgan fingerprint density at radius 2 is 0.875 bits per heavy atom. The van der Waals surface area contributed by atoms with E-state index >= 15 is 0 Å². The number of rotatable bonds is 4. The van der Waals surface area contributed by atoms with Crippen LogP contribution in [-0.2, 0) is 0 Å². The Balaban J connectivity index is 1.09. The number of nitrogens with zero attached hydrogens (tertiary/aromatic N) is 4. The molecule has 0 aliphatic heterocycles. The molecule has 12 aromatic rings. The van der Waals surface area contributed by atoms with Gasteiger partial charge in [0.15, 0.2) is 0 Å². The zero-order chi connectivity index (χ0) is 36.7. The standard InChI is InChI=1S/C52H32N4/c1-3-17-37-33(13-1)15-11-22-42(37)51-43-21-5-8-23-45(43)53-52(54-51)56-48-25-10-6-19-39(48)41-29-27-36(32-50(41)56)35-28-30-49-44(31-35)40-20-7-9-24-47(40)55(49)46-26-12-16-34-14-2-4-18-38(34)46/h1-32H. The maximum absolute atomic E-state index is 5.44. The molecule has 56 heavy (non-hydrogen) atoms. The van der Waals surface area contributed by atoms with Crippen molar-refractivity contribution in [3.63, 3.8) is 0 Å². The third-order valence-electron chi connectivity index (χ3n) is 11.5. The Labute approximate surface area is 322 Å². The molecule has 0 fully saturated rings. The Bertz CT molecular complexity index is 3540. The molecule has 4 heteroatoms. The van der Waals surface area contributed by atoms with Crippen molar-refractivity contribution in [2.45, 2.75) is 0 Å². The lowest BCUT2D eigenvalue weighted by Crippen LogP contribution is -2.03. The van der Waals surface area contributed by atoms with Crippen LogP contribution in [0, 0.1) is 0 Å². The van der Waals surface area contributed by atoms with E-state index in [0.29, 0.717) is 5.95 Å². The molecule has 0 N–H and O–H groups in total. The van der Waals surface area contributed by atoms with Gasteiger partial charge in [-0.2, -0.15) is 0 Å². The third kappa shape index (κ3) is 4.53. The average Bonchev–Trinajstić information content (AvgIpc) is 3.77. The summed E-state index contributed by atoms with van der Waals surface area (Å²) in [5, 5.41) is 10.7. The monoisotopic (exact) mass is 712 g/mol. The van der Waals surface area contributed by atoms with Crippen molar-refractivity contribution in [2.75, 3.05) is 0 Å². The highest BCUT2D eigenvalue weighted by Gasteiger charge is 2.20.